The molecule has 0 spiro atoms. The molecule has 0 aromatic heterocycles. The van der Waals surface area contributed by atoms with Crippen molar-refractivity contribution in [3.8, 4) is 0 Å². The van der Waals surface area contributed by atoms with E-state index in [1.165, 1.54) is 0 Å². The quantitative estimate of drug-likeness (QED) is 0.820. The van der Waals surface area contributed by atoms with Crippen molar-refractivity contribution in [1.82, 2.24) is 0 Å². The van der Waals surface area contributed by atoms with Gasteiger partial charge in [-0.2, -0.15) is 0 Å². The van der Waals surface area contributed by atoms with Crippen molar-refractivity contribution in [2.75, 3.05) is 11.1 Å². The number of hydrogen-bond donors (Lipinski definition) is 1. The van der Waals surface area contributed by atoms with Crippen LogP contribution in [0.25, 0.3) is 0 Å². The second kappa shape index (κ2) is 6.81. The number of anilines is 1. The number of benzene rings is 2. The summed E-state index contributed by atoms with van der Waals surface area (Å²) in [6, 6.07) is 12.4. The number of rotatable bonds is 5. The van der Waals surface area contributed by atoms with Crippen LogP contribution in [0.2, 0.25) is 5.02 Å². The highest BCUT2D eigenvalue weighted by molar-refractivity contribution is 9.10. The van der Waals surface area contributed by atoms with Crippen molar-refractivity contribution in [1.29, 1.82) is 0 Å². The standard InChI is InChI=1S/C15H15BrClNO2S/c1-2-21(19,20)15-6-4-3-5-14(15)18-10-11-9-12(17)7-8-13(11)16/h3-9,18H,2,10H2,1H3. The first kappa shape index (κ1) is 16.3. The zero-order valence-corrected chi connectivity index (χ0v) is 14.6. The Hall–Kier alpha value is -1.04. The van der Waals surface area contributed by atoms with Crippen molar-refractivity contribution in [3.63, 3.8) is 0 Å². The monoisotopic (exact) mass is 387 g/mol. The van der Waals surface area contributed by atoms with Gasteiger partial charge in [0.25, 0.3) is 0 Å². The van der Waals surface area contributed by atoms with E-state index in [0.29, 0.717) is 22.2 Å². The van der Waals surface area contributed by atoms with Crippen LogP contribution in [0.5, 0.6) is 0 Å². The fourth-order valence-electron chi connectivity index (χ4n) is 1.91. The maximum absolute atomic E-state index is 12.1. The van der Waals surface area contributed by atoms with Gasteiger partial charge < -0.3 is 5.32 Å². The van der Waals surface area contributed by atoms with E-state index in [1.807, 2.05) is 18.2 Å². The van der Waals surface area contributed by atoms with E-state index in [9.17, 15) is 8.42 Å². The molecule has 21 heavy (non-hydrogen) atoms. The maximum atomic E-state index is 12.1. The van der Waals surface area contributed by atoms with Gasteiger partial charge in [-0.1, -0.05) is 46.6 Å². The van der Waals surface area contributed by atoms with E-state index in [0.717, 1.165) is 10.0 Å². The molecule has 0 atom stereocenters. The Labute approximate surface area is 138 Å². The molecule has 0 unspecified atom stereocenters. The predicted octanol–water partition coefficient (Wildman–Crippen LogP) is 4.51. The number of sulfone groups is 1. The van der Waals surface area contributed by atoms with E-state index in [2.05, 4.69) is 21.2 Å². The molecule has 0 bridgehead atoms. The number of hydrogen-bond acceptors (Lipinski definition) is 3. The third kappa shape index (κ3) is 3.99. The molecule has 2 rings (SSSR count). The highest BCUT2D eigenvalue weighted by Crippen LogP contribution is 2.25. The molecule has 0 fully saturated rings. The summed E-state index contributed by atoms with van der Waals surface area (Å²) in [4.78, 5) is 0.325. The van der Waals surface area contributed by atoms with Crippen molar-refractivity contribution < 1.29 is 8.42 Å². The minimum absolute atomic E-state index is 0.0759. The Bertz CT molecular complexity index is 747. The van der Waals surface area contributed by atoms with Gasteiger partial charge in [-0.15, -0.1) is 0 Å². The molecule has 3 nitrogen and oxygen atoms in total. The second-order valence-electron chi connectivity index (χ2n) is 4.49. The number of halogens is 2. The van der Waals surface area contributed by atoms with E-state index in [1.54, 1.807) is 31.2 Å². The summed E-state index contributed by atoms with van der Waals surface area (Å²) in [5.74, 6) is 0.0759. The minimum Gasteiger partial charge on any atom is -0.380 e. The molecule has 6 heteroatoms. The molecule has 0 aliphatic carbocycles. The molecule has 0 aliphatic heterocycles. The van der Waals surface area contributed by atoms with Gasteiger partial charge >= 0.3 is 0 Å². The summed E-state index contributed by atoms with van der Waals surface area (Å²) in [6.45, 7) is 2.12. The topological polar surface area (TPSA) is 46.2 Å². The zero-order chi connectivity index (χ0) is 15.5. The molecule has 0 amide bonds. The largest absolute Gasteiger partial charge is 0.380 e. The van der Waals surface area contributed by atoms with Gasteiger partial charge in [0.15, 0.2) is 9.84 Å². The highest BCUT2D eigenvalue weighted by atomic mass is 79.9. The lowest BCUT2D eigenvalue weighted by molar-refractivity contribution is 0.597. The van der Waals surface area contributed by atoms with Crippen LogP contribution in [0.4, 0.5) is 5.69 Å². The molecule has 112 valence electrons. The number of para-hydroxylation sites is 1. The highest BCUT2D eigenvalue weighted by Gasteiger charge is 2.15. The lowest BCUT2D eigenvalue weighted by Gasteiger charge is -2.13. The number of nitrogens with one attached hydrogen (secondary N) is 1. The van der Waals surface area contributed by atoms with Gasteiger partial charge in [0.05, 0.1) is 16.3 Å². The van der Waals surface area contributed by atoms with Gasteiger partial charge in [0.1, 0.15) is 0 Å². The Balaban J connectivity index is 2.27. The van der Waals surface area contributed by atoms with Crippen LogP contribution >= 0.6 is 27.5 Å². The Morgan fingerprint density at radius 3 is 2.62 bits per heavy atom. The Morgan fingerprint density at radius 2 is 1.90 bits per heavy atom. The first-order valence-electron chi connectivity index (χ1n) is 6.43. The third-order valence-corrected chi connectivity index (χ3v) is 5.87. The maximum Gasteiger partial charge on any atom is 0.180 e. The first-order chi connectivity index (χ1) is 9.94. The molecule has 1 N–H and O–H groups in total. The Kier molecular flexibility index (Phi) is 5.30. The van der Waals surface area contributed by atoms with Crippen molar-refractivity contribution >= 4 is 43.1 Å². The minimum atomic E-state index is -3.25. The average molecular weight is 389 g/mol. The zero-order valence-electron chi connectivity index (χ0n) is 11.4. The SMILES string of the molecule is CCS(=O)(=O)c1ccccc1NCc1cc(Cl)ccc1Br. The van der Waals surface area contributed by atoms with Gasteiger partial charge in [-0.05, 0) is 35.9 Å². The molecule has 2 aromatic carbocycles. The normalized spacial score (nSPS) is 11.4. The first-order valence-corrected chi connectivity index (χ1v) is 9.26. The van der Waals surface area contributed by atoms with E-state index >= 15 is 0 Å². The van der Waals surface area contributed by atoms with Crippen LogP contribution in [0.3, 0.4) is 0 Å². The van der Waals surface area contributed by atoms with E-state index in [-0.39, 0.29) is 5.75 Å². The average Bonchev–Trinajstić information content (AvgIpc) is 2.48. The summed E-state index contributed by atoms with van der Waals surface area (Å²) in [7, 11) is -3.25. The van der Waals surface area contributed by atoms with Crippen molar-refractivity contribution in [3.05, 3.63) is 57.5 Å². The lowest BCUT2D eigenvalue weighted by Crippen LogP contribution is -2.09. The fraction of sp³-hybridized carbons (Fsp3) is 0.200. The predicted molar refractivity (Wildman–Crippen MR) is 90.6 cm³/mol. The van der Waals surface area contributed by atoms with Crippen molar-refractivity contribution in [2.24, 2.45) is 0 Å². The van der Waals surface area contributed by atoms with Crippen LogP contribution in [-0.2, 0) is 16.4 Å². The summed E-state index contributed by atoms with van der Waals surface area (Å²) in [5.41, 5.74) is 1.57. The summed E-state index contributed by atoms with van der Waals surface area (Å²) in [6.07, 6.45) is 0. The van der Waals surface area contributed by atoms with E-state index < -0.39 is 9.84 Å². The van der Waals surface area contributed by atoms with Crippen LogP contribution < -0.4 is 5.32 Å². The van der Waals surface area contributed by atoms with Crippen molar-refractivity contribution in [2.45, 2.75) is 18.4 Å². The van der Waals surface area contributed by atoms with Gasteiger partial charge in [-0.3, -0.25) is 0 Å². The molecule has 0 radical (unpaired) electrons. The van der Waals surface area contributed by atoms with Gasteiger partial charge in [0, 0.05) is 16.0 Å². The second-order valence-corrected chi connectivity index (χ2v) is 8.03. The lowest BCUT2D eigenvalue weighted by atomic mass is 10.2. The summed E-state index contributed by atoms with van der Waals surface area (Å²) >= 11 is 9.44. The molecule has 0 saturated heterocycles. The van der Waals surface area contributed by atoms with Crippen LogP contribution in [0.15, 0.2) is 51.8 Å². The van der Waals surface area contributed by atoms with Gasteiger partial charge in [0.2, 0.25) is 0 Å². The molecule has 0 aliphatic rings. The van der Waals surface area contributed by atoms with E-state index in [4.69, 9.17) is 11.6 Å². The Morgan fingerprint density at radius 1 is 1.19 bits per heavy atom. The van der Waals surface area contributed by atoms with Gasteiger partial charge in [-0.25, -0.2) is 8.42 Å². The molecular formula is C15H15BrClNO2S. The smallest absolute Gasteiger partial charge is 0.180 e. The molecular weight excluding hydrogens is 374 g/mol. The van der Waals surface area contributed by atoms with Crippen LogP contribution in [0.1, 0.15) is 12.5 Å². The molecule has 0 heterocycles. The van der Waals surface area contributed by atoms with Crippen LogP contribution in [0, 0.1) is 0 Å². The summed E-state index contributed by atoms with van der Waals surface area (Å²) in [5, 5.41) is 3.81. The summed E-state index contributed by atoms with van der Waals surface area (Å²) < 4.78 is 25.1. The van der Waals surface area contributed by atoms with Crippen LogP contribution in [-0.4, -0.2) is 14.2 Å². The molecule has 0 saturated carbocycles. The third-order valence-electron chi connectivity index (χ3n) is 3.08. The molecule has 2 aromatic rings. The fourth-order valence-corrected chi connectivity index (χ4v) is 3.56.